The van der Waals surface area contributed by atoms with Gasteiger partial charge in [0.15, 0.2) is 12.1 Å². The van der Waals surface area contributed by atoms with E-state index in [0.29, 0.717) is 24.3 Å². The lowest BCUT2D eigenvalue weighted by Gasteiger charge is -2.10. The van der Waals surface area contributed by atoms with Crippen LogP contribution in [0.2, 0.25) is 0 Å². The summed E-state index contributed by atoms with van der Waals surface area (Å²) in [7, 11) is 0. The van der Waals surface area contributed by atoms with Crippen molar-refractivity contribution in [1.82, 2.24) is 0 Å². The van der Waals surface area contributed by atoms with Gasteiger partial charge in [0, 0.05) is 21.6 Å². The highest BCUT2D eigenvalue weighted by molar-refractivity contribution is 7.98. The second kappa shape index (κ2) is 6.43. The summed E-state index contributed by atoms with van der Waals surface area (Å²) in [6.45, 7) is 1.19. The van der Waals surface area contributed by atoms with Crippen LogP contribution < -0.4 is 0 Å². The second-order valence-corrected chi connectivity index (χ2v) is 5.64. The van der Waals surface area contributed by atoms with Crippen molar-refractivity contribution >= 4 is 17.5 Å². The molecule has 21 heavy (non-hydrogen) atoms. The van der Waals surface area contributed by atoms with E-state index in [1.165, 1.54) is 0 Å². The van der Waals surface area contributed by atoms with Crippen LogP contribution in [0.1, 0.15) is 27.8 Å². The Labute approximate surface area is 128 Å². The van der Waals surface area contributed by atoms with Gasteiger partial charge in [-0.15, -0.1) is 11.8 Å². The number of thioether (sulfide) groups is 1. The zero-order chi connectivity index (χ0) is 14.7. The standard InChI is InChI=1S/C17H16O3S/c1-21-15-7-5-12(6-8-15)16(18)13-3-2-4-14(11-13)17-19-9-10-20-17/h2-8,11,17H,9-10H2,1H3. The molecule has 4 heteroatoms. The molecule has 0 amide bonds. The topological polar surface area (TPSA) is 35.5 Å². The van der Waals surface area contributed by atoms with Crippen molar-refractivity contribution in [1.29, 1.82) is 0 Å². The minimum Gasteiger partial charge on any atom is -0.346 e. The van der Waals surface area contributed by atoms with Gasteiger partial charge >= 0.3 is 0 Å². The van der Waals surface area contributed by atoms with Crippen molar-refractivity contribution in [2.45, 2.75) is 11.2 Å². The molecule has 3 rings (SSSR count). The van der Waals surface area contributed by atoms with Crippen LogP contribution in [0.4, 0.5) is 0 Å². The minimum absolute atomic E-state index is 0.0162. The van der Waals surface area contributed by atoms with Crippen molar-refractivity contribution in [3.8, 4) is 0 Å². The van der Waals surface area contributed by atoms with Crippen LogP contribution in [0.3, 0.4) is 0 Å². The molecule has 2 aromatic rings. The van der Waals surface area contributed by atoms with Crippen LogP contribution in [0.15, 0.2) is 53.4 Å². The van der Waals surface area contributed by atoms with Crippen LogP contribution >= 0.6 is 11.8 Å². The largest absolute Gasteiger partial charge is 0.346 e. The highest BCUT2D eigenvalue weighted by Gasteiger charge is 2.19. The average molecular weight is 300 g/mol. The van der Waals surface area contributed by atoms with Gasteiger partial charge in [-0.3, -0.25) is 4.79 Å². The first-order valence-electron chi connectivity index (χ1n) is 6.80. The molecular weight excluding hydrogens is 284 g/mol. The third-order valence-electron chi connectivity index (χ3n) is 3.39. The van der Waals surface area contributed by atoms with Crippen LogP contribution in [0, 0.1) is 0 Å². The molecule has 1 fully saturated rings. The predicted molar refractivity (Wildman–Crippen MR) is 82.7 cm³/mol. The number of hydrogen-bond acceptors (Lipinski definition) is 4. The SMILES string of the molecule is CSc1ccc(C(=O)c2cccc(C3OCCO3)c2)cc1. The molecule has 0 spiro atoms. The molecule has 1 heterocycles. The van der Waals surface area contributed by atoms with Gasteiger partial charge < -0.3 is 9.47 Å². The molecule has 0 saturated carbocycles. The highest BCUT2D eigenvalue weighted by atomic mass is 32.2. The van der Waals surface area contributed by atoms with Gasteiger partial charge in [0.2, 0.25) is 0 Å². The third kappa shape index (κ3) is 3.18. The lowest BCUT2D eigenvalue weighted by molar-refractivity contribution is -0.0441. The maximum absolute atomic E-state index is 12.5. The zero-order valence-corrected chi connectivity index (χ0v) is 12.6. The summed E-state index contributed by atoms with van der Waals surface area (Å²) in [6.07, 6.45) is 1.67. The fourth-order valence-corrected chi connectivity index (χ4v) is 2.69. The molecule has 2 aromatic carbocycles. The summed E-state index contributed by atoms with van der Waals surface area (Å²) >= 11 is 1.66. The Kier molecular flexibility index (Phi) is 4.39. The highest BCUT2D eigenvalue weighted by Crippen LogP contribution is 2.25. The molecular formula is C17H16O3S. The lowest BCUT2D eigenvalue weighted by atomic mass is 10.0. The summed E-state index contributed by atoms with van der Waals surface area (Å²) in [5.74, 6) is 0.0162. The molecule has 0 aromatic heterocycles. The van der Waals surface area contributed by atoms with E-state index in [-0.39, 0.29) is 12.1 Å². The summed E-state index contributed by atoms with van der Waals surface area (Å²) in [5.41, 5.74) is 2.24. The first-order valence-corrected chi connectivity index (χ1v) is 8.02. The molecule has 1 aliphatic heterocycles. The van der Waals surface area contributed by atoms with Gasteiger partial charge in [0.1, 0.15) is 0 Å². The lowest BCUT2D eigenvalue weighted by Crippen LogP contribution is -2.04. The molecule has 0 unspecified atom stereocenters. The van der Waals surface area contributed by atoms with Crippen molar-refractivity contribution < 1.29 is 14.3 Å². The smallest absolute Gasteiger partial charge is 0.193 e. The number of hydrogen-bond donors (Lipinski definition) is 0. The van der Waals surface area contributed by atoms with E-state index >= 15 is 0 Å². The number of rotatable bonds is 4. The third-order valence-corrected chi connectivity index (χ3v) is 4.14. The molecule has 3 nitrogen and oxygen atoms in total. The number of ketones is 1. The Bertz CT molecular complexity index is 631. The Morgan fingerprint density at radius 1 is 1.05 bits per heavy atom. The van der Waals surface area contributed by atoms with E-state index in [4.69, 9.17) is 9.47 Å². The van der Waals surface area contributed by atoms with Gasteiger partial charge in [0.25, 0.3) is 0 Å². The maximum Gasteiger partial charge on any atom is 0.193 e. The fourth-order valence-electron chi connectivity index (χ4n) is 2.29. The van der Waals surface area contributed by atoms with E-state index in [2.05, 4.69) is 0 Å². The van der Waals surface area contributed by atoms with Gasteiger partial charge in [-0.2, -0.15) is 0 Å². The quantitative estimate of drug-likeness (QED) is 0.637. The van der Waals surface area contributed by atoms with E-state index in [1.807, 2.05) is 54.8 Å². The molecule has 0 radical (unpaired) electrons. The van der Waals surface area contributed by atoms with Crippen molar-refractivity contribution in [3.05, 3.63) is 65.2 Å². The van der Waals surface area contributed by atoms with Crippen molar-refractivity contribution in [2.24, 2.45) is 0 Å². The molecule has 0 aliphatic carbocycles. The first-order chi connectivity index (χ1) is 10.3. The summed E-state index contributed by atoms with van der Waals surface area (Å²) in [5, 5.41) is 0. The number of benzene rings is 2. The number of carbonyl (C=O) groups excluding carboxylic acids is 1. The normalized spacial score (nSPS) is 15.3. The Balaban J connectivity index is 1.84. The minimum atomic E-state index is -0.350. The van der Waals surface area contributed by atoms with Gasteiger partial charge in [-0.05, 0) is 36.6 Å². The van der Waals surface area contributed by atoms with Crippen LogP contribution in [0.5, 0.6) is 0 Å². The van der Waals surface area contributed by atoms with E-state index < -0.39 is 0 Å². The molecule has 0 atom stereocenters. The van der Waals surface area contributed by atoms with E-state index in [0.717, 1.165) is 10.5 Å². The fraction of sp³-hybridized carbons (Fsp3) is 0.235. The molecule has 1 aliphatic rings. The monoisotopic (exact) mass is 300 g/mol. The summed E-state index contributed by atoms with van der Waals surface area (Å²) < 4.78 is 10.9. The number of carbonyl (C=O) groups is 1. The van der Waals surface area contributed by atoms with E-state index in [1.54, 1.807) is 11.8 Å². The van der Waals surface area contributed by atoms with Gasteiger partial charge in [-0.25, -0.2) is 0 Å². The summed E-state index contributed by atoms with van der Waals surface area (Å²) in [6, 6.07) is 15.1. The van der Waals surface area contributed by atoms with Crippen molar-refractivity contribution in [3.63, 3.8) is 0 Å². The molecule has 1 saturated heterocycles. The Hall–Kier alpha value is -1.62. The number of ether oxygens (including phenoxy) is 2. The van der Waals surface area contributed by atoms with Gasteiger partial charge in [0.05, 0.1) is 13.2 Å². The Morgan fingerprint density at radius 3 is 2.43 bits per heavy atom. The Morgan fingerprint density at radius 2 is 1.76 bits per heavy atom. The summed E-state index contributed by atoms with van der Waals surface area (Å²) in [4.78, 5) is 13.7. The van der Waals surface area contributed by atoms with Crippen molar-refractivity contribution in [2.75, 3.05) is 19.5 Å². The van der Waals surface area contributed by atoms with Crippen LogP contribution in [-0.2, 0) is 9.47 Å². The van der Waals surface area contributed by atoms with E-state index in [9.17, 15) is 4.79 Å². The van der Waals surface area contributed by atoms with Crippen LogP contribution in [-0.4, -0.2) is 25.3 Å². The maximum atomic E-state index is 12.5. The van der Waals surface area contributed by atoms with Crippen LogP contribution in [0.25, 0.3) is 0 Å². The molecule has 0 bridgehead atoms. The predicted octanol–water partition coefficient (Wildman–Crippen LogP) is 3.68. The molecule has 108 valence electrons. The average Bonchev–Trinajstić information content (AvgIpc) is 3.09. The second-order valence-electron chi connectivity index (χ2n) is 4.76. The van der Waals surface area contributed by atoms with Gasteiger partial charge in [-0.1, -0.05) is 18.2 Å². The first kappa shape index (κ1) is 14.3. The molecule has 0 N–H and O–H groups in total. The zero-order valence-electron chi connectivity index (χ0n) is 11.7.